The Morgan fingerprint density at radius 2 is 1.95 bits per heavy atom. The Balaban J connectivity index is 2.37. The lowest BCUT2D eigenvalue weighted by atomic mass is 9.94. The lowest BCUT2D eigenvalue weighted by Gasteiger charge is -2.25. The molecule has 1 saturated carbocycles. The quantitative estimate of drug-likeness (QED) is 0.661. The largest absolute Gasteiger partial charge is 0.339 e. The first kappa shape index (κ1) is 16.5. The highest BCUT2D eigenvalue weighted by Crippen LogP contribution is 2.29. The third-order valence-electron chi connectivity index (χ3n) is 3.91. The van der Waals surface area contributed by atoms with Crippen LogP contribution in [-0.4, -0.2) is 29.9 Å². The third kappa shape index (κ3) is 6.42. The fraction of sp³-hybridized carbons (Fsp3) is 0.938. The first-order chi connectivity index (χ1) is 9.08. The molecule has 0 aromatic rings. The van der Waals surface area contributed by atoms with E-state index in [1.807, 2.05) is 0 Å². The fourth-order valence-corrected chi connectivity index (χ4v) is 2.78. The second kappa shape index (κ2) is 8.57. The topological polar surface area (TPSA) is 46.3 Å². The van der Waals surface area contributed by atoms with E-state index in [-0.39, 0.29) is 0 Å². The van der Waals surface area contributed by atoms with Crippen molar-refractivity contribution in [3.05, 3.63) is 0 Å². The minimum Gasteiger partial charge on any atom is -0.339 e. The molecule has 0 saturated heterocycles. The first-order valence-electron chi connectivity index (χ1n) is 8.08. The van der Waals surface area contributed by atoms with Crippen LogP contribution in [-0.2, 0) is 4.79 Å². The molecule has 2 N–H and O–H groups in total. The summed E-state index contributed by atoms with van der Waals surface area (Å²) in [5.41, 5.74) is 5.65. The summed E-state index contributed by atoms with van der Waals surface area (Å²) in [5, 5.41) is 0. The molecule has 1 fully saturated rings. The number of carbonyl (C=O) groups excluding carboxylic acids is 1. The van der Waals surface area contributed by atoms with Gasteiger partial charge in [-0.25, -0.2) is 0 Å². The SMILES string of the molecule is CCCC(CCN)CCC(=O)N(CC(C)C)C1CC1. The Kier molecular flexibility index (Phi) is 7.44. The maximum absolute atomic E-state index is 12.4. The van der Waals surface area contributed by atoms with Crippen molar-refractivity contribution in [2.45, 2.75) is 71.8 Å². The van der Waals surface area contributed by atoms with Crippen LogP contribution in [0.5, 0.6) is 0 Å². The molecule has 0 heterocycles. The van der Waals surface area contributed by atoms with Gasteiger partial charge in [-0.3, -0.25) is 4.79 Å². The Morgan fingerprint density at radius 3 is 2.42 bits per heavy atom. The van der Waals surface area contributed by atoms with Crippen molar-refractivity contribution >= 4 is 5.91 Å². The smallest absolute Gasteiger partial charge is 0.222 e. The first-order valence-corrected chi connectivity index (χ1v) is 8.08. The van der Waals surface area contributed by atoms with Crippen molar-refractivity contribution < 1.29 is 4.79 Å². The summed E-state index contributed by atoms with van der Waals surface area (Å²) in [4.78, 5) is 14.5. The van der Waals surface area contributed by atoms with E-state index in [4.69, 9.17) is 5.73 Å². The maximum atomic E-state index is 12.4. The lowest BCUT2D eigenvalue weighted by Crippen LogP contribution is -2.36. The molecule has 0 bridgehead atoms. The predicted molar refractivity (Wildman–Crippen MR) is 80.9 cm³/mol. The van der Waals surface area contributed by atoms with Gasteiger partial charge in [-0.2, -0.15) is 0 Å². The number of hydrogen-bond donors (Lipinski definition) is 1. The molecule has 112 valence electrons. The molecule has 0 aliphatic heterocycles. The summed E-state index contributed by atoms with van der Waals surface area (Å²) < 4.78 is 0. The number of amides is 1. The highest BCUT2D eigenvalue weighted by atomic mass is 16.2. The molecular formula is C16H32N2O. The Labute approximate surface area is 118 Å². The molecule has 3 heteroatoms. The number of hydrogen-bond acceptors (Lipinski definition) is 2. The summed E-state index contributed by atoms with van der Waals surface area (Å²) in [6.45, 7) is 8.27. The minimum absolute atomic E-state index is 0.370. The second-order valence-corrected chi connectivity index (χ2v) is 6.44. The number of rotatable bonds is 10. The van der Waals surface area contributed by atoms with Crippen LogP contribution in [0, 0.1) is 11.8 Å². The number of nitrogens with zero attached hydrogens (tertiary/aromatic N) is 1. The molecule has 0 aromatic carbocycles. The molecule has 1 rings (SSSR count). The van der Waals surface area contributed by atoms with Crippen LogP contribution in [0.1, 0.15) is 65.7 Å². The highest BCUT2D eigenvalue weighted by molar-refractivity contribution is 5.76. The summed E-state index contributed by atoms with van der Waals surface area (Å²) in [6.07, 6.45) is 7.61. The molecule has 1 aliphatic rings. The van der Waals surface area contributed by atoms with Crippen LogP contribution in [0.15, 0.2) is 0 Å². The van der Waals surface area contributed by atoms with Crippen molar-refractivity contribution in [1.82, 2.24) is 4.90 Å². The van der Waals surface area contributed by atoms with Crippen molar-refractivity contribution in [3.63, 3.8) is 0 Å². The van der Waals surface area contributed by atoms with E-state index in [1.54, 1.807) is 0 Å². The van der Waals surface area contributed by atoms with Crippen molar-refractivity contribution in [3.8, 4) is 0 Å². The van der Waals surface area contributed by atoms with Crippen LogP contribution in [0.25, 0.3) is 0 Å². The van der Waals surface area contributed by atoms with E-state index in [2.05, 4.69) is 25.7 Å². The van der Waals surface area contributed by atoms with Crippen LogP contribution in [0.4, 0.5) is 0 Å². The molecule has 0 aromatic heterocycles. The standard InChI is InChI=1S/C16H32N2O/c1-4-5-14(10-11-17)6-9-16(19)18(12-13(2)3)15-7-8-15/h13-15H,4-12,17H2,1-3H3. The number of carbonyl (C=O) groups is 1. The van der Waals surface area contributed by atoms with E-state index >= 15 is 0 Å². The van der Waals surface area contributed by atoms with Crippen molar-refractivity contribution in [1.29, 1.82) is 0 Å². The molecule has 1 atom stereocenters. The predicted octanol–water partition coefficient (Wildman–Crippen LogP) is 3.18. The summed E-state index contributed by atoms with van der Waals surface area (Å²) in [5.74, 6) is 1.58. The average molecular weight is 268 g/mol. The monoisotopic (exact) mass is 268 g/mol. The molecule has 1 unspecified atom stereocenters. The Hall–Kier alpha value is -0.570. The van der Waals surface area contributed by atoms with Gasteiger partial charge in [0.2, 0.25) is 5.91 Å². The van der Waals surface area contributed by atoms with Crippen LogP contribution >= 0.6 is 0 Å². The normalized spacial score (nSPS) is 16.7. The van der Waals surface area contributed by atoms with Crippen molar-refractivity contribution in [2.75, 3.05) is 13.1 Å². The van der Waals surface area contributed by atoms with Gasteiger partial charge in [0.15, 0.2) is 0 Å². The van der Waals surface area contributed by atoms with Crippen LogP contribution in [0.3, 0.4) is 0 Å². The van der Waals surface area contributed by atoms with Crippen LogP contribution < -0.4 is 5.73 Å². The van der Waals surface area contributed by atoms with Gasteiger partial charge in [0.05, 0.1) is 0 Å². The third-order valence-corrected chi connectivity index (χ3v) is 3.91. The summed E-state index contributed by atoms with van der Waals surface area (Å²) in [6, 6.07) is 0.550. The second-order valence-electron chi connectivity index (χ2n) is 6.44. The van der Waals surface area contributed by atoms with Gasteiger partial charge in [0.25, 0.3) is 0 Å². The van der Waals surface area contributed by atoms with E-state index in [9.17, 15) is 4.79 Å². The van der Waals surface area contributed by atoms with Gasteiger partial charge in [-0.1, -0.05) is 33.6 Å². The van der Waals surface area contributed by atoms with E-state index in [0.29, 0.717) is 30.2 Å². The molecule has 19 heavy (non-hydrogen) atoms. The molecule has 1 aliphatic carbocycles. The van der Waals surface area contributed by atoms with Gasteiger partial charge < -0.3 is 10.6 Å². The Morgan fingerprint density at radius 1 is 1.26 bits per heavy atom. The highest BCUT2D eigenvalue weighted by Gasteiger charge is 2.32. The van der Waals surface area contributed by atoms with Gasteiger partial charge in [0, 0.05) is 19.0 Å². The zero-order valence-electron chi connectivity index (χ0n) is 13.0. The lowest BCUT2D eigenvalue weighted by molar-refractivity contribution is -0.132. The molecule has 0 radical (unpaired) electrons. The van der Waals surface area contributed by atoms with Gasteiger partial charge in [-0.15, -0.1) is 0 Å². The summed E-state index contributed by atoms with van der Waals surface area (Å²) in [7, 11) is 0. The maximum Gasteiger partial charge on any atom is 0.222 e. The van der Waals surface area contributed by atoms with Crippen LogP contribution in [0.2, 0.25) is 0 Å². The summed E-state index contributed by atoms with van der Waals surface area (Å²) >= 11 is 0. The minimum atomic E-state index is 0.370. The molecule has 0 spiro atoms. The van der Waals surface area contributed by atoms with Gasteiger partial charge in [-0.05, 0) is 44.1 Å². The fourth-order valence-electron chi connectivity index (χ4n) is 2.78. The van der Waals surface area contributed by atoms with E-state index in [1.165, 1.54) is 25.7 Å². The molecular weight excluding hydrogens is 236 g/mol. The number of nitrogens with two attached hydrogens (primary N) is 1. The van der Waals surface area contributed by atoms with E-state index in [0.717, 1.165) is 25.9 Å². The molecule has 3 nitrogen and oxygen atoms in total. The zero-order valence-corrected chi connectivity index (χ0v) is 13.0. The van der Waals surface area contributed by atoms with Gasteiger partial charge in [0.1, 0.15) is 0 Å². The van der Waals surface area contributed by atoms with Gasteiger partial charge >= 0.3 is 0 Å². The molecule has 1 amide bonds. The zero-order chi connectivity index (χ0) is 14.3. The Bertz CT molecular complexity index is 255. The average Bonchev–Trinajstić information content (AvgIpc) is 3.17. The van der Waals surface area contributed by atoms with Crippen molar-refractivity contribution in [2.24, 2.45) is 17.6 Å². The van der Waals surface area contributed by atoms with E-state index < -0.39 is 0 Å².